The monoisotopic (exact) mass is 381 g/mol. The highest BCUT2D eigenvalue weighted by Gasteiger charge is 2.14. The van der Waals surface area contributed by atoms with Gasteiger partial charge in [-0.15, -0.1) is 0 Å². The number of hydrogen-bond donors (Lipinski definition) is 3. The van der Waals surface area contributed by atoms with Gasteiger partial charge in [0.2, 0.25) is 10.0 Å². The lowest BCUT2D eigenvalue weighted by Crippen LogP contribution is -2.13. The summed E-state index contributed by atoms with van der Waals surface area (Å²) < 4.78 is 29.2. The zero-order valence-corrected chi connectivity index (χ0v) is 15.2. The zero-order chi connectivity index (χ0) is 19.4. The number of sulfonamides is 1. The maximum Gasteiger partial charge on any atom is 0.238 e. The largest absolute Gasteiger partial charge is 0.489 e. The number of benzene rings is 3. The Morgan fingerprint density at radius 3 is 2.15 bits per heavy atom. The standard InChI is InChI=1S/C20H19N3O3S/c21-20(22)16-9-11-17(12-10-16)26-13-14-5-7-15(8-6-14)18-3-1-2-4-19(18)27(23,24)25/h1-12H,13H2,(H3,21,22)(H2,23,24,25). The fourth-order valence-corrected chi connectivity index (χ4v) is 3.39. The zero-order valence-electron chi connectivity index (χ0n) is 14.4. The maximum absolute atomic E-state index is 11.8. The van der Waals surface area contributed by atoms with Crippen LogP contribution in [-0.4, -0.2) is 14.3 Å². The number of hydrogen-bond acceptors (Lipinski definition) is 4. The van der Waals surface area contributed by atoms with Gasteiger partial charge in [-0.1, -0.05) is 42.5 Å². The van der Waals surface area contributed by atoms with Gasteiger partial charge in [0.15, 0.2) is 0 Å². The lowest BCUT2D eigenvalue weighted by Gasteiger charge is -2.10. The van der Waals surface area contributed by atoms with Gasteiger partial charge in [0, 0.05) is 11.1 Å². The Labute approximate surface area is 158 Å². The maximum atomic E-state index is 11.8. The molecule has 0 aromatic heterocycles. The molecule has 0 aliphatic heterocycles. The van der Waals surface area contributed by atoms with Crippen LogP contribution < -0.4 is 15.6 Å². The van der Waals surface area contributed by atoms with Gasteiger partial charge >= 0.3 is 0 Å². The molecule has 0 aliphatic rings. The Hall–Kier alpha value is -3.16. The molecule has 0 atom stereocenters. The smallest absolute Gasteiger partial charge is 0.238 e. The van der Waals surface area contributed by atoms with Crippen molar-refractivity contribution in [3.8, 4) is 16.9 Å². The number of nitrogen functional groups attached to an aromatic ring is 1. The highest BCUT2D eigenvalue weighted by molar-refractivity contribution is 7.89. The Morgan fingerprint density at radius 2 is 1.56 bits per heavy atom. The minimum atomic E-state index is -3.80. The van der Waals surface area contributed by atoms with Crippen LogP contribution in [0.1, 0.15) is 11.1 Å². The van der Waals surface area contributed by atoms with E-state index in [0.717, 1.165) is 11.1 Å². The number of ether oxygens (including phenoxy) is 1. The topological polar surface area (TPSA) is 119 Å². The third kappa shape index (κ3) is 4.52. The third-order valence-corrected chi connectivity index (χ3v) is 5.00. The Morgan fingerprint density at radius 1 is 0.926 bits per heavy atom. The average molecular weight is 381 g/mol. The second-order valence-electron chi connectivity index (χ2n) is 5.96. The SMILES string of the molecule is N=C(N)c1ccc(OCc2ccc(-c3ccccc3S(N)(=O)=O)cc2)cc1. The van der Waals surface area contributed by atoms with Crippen LogP contribution in [0, 0.1) is 5.41 Å². The molecule has 0 saturated heterocycles. The molecule has 5 N–H and O–H groups in total. The molecule has 0 radical (unpaired) electrons. The third-order valence-electron chi connectivity index (χ3n) is 4.03. The van der Waals surface area contributed by atoms with Crippen LogP contribution in [-0.2, 0) is 16.6 Å². The van der Waals surface area contributed by atoms with Gasteiger partial charge in [0.1, 0.15) is 18.2 Å². The highest BCUT2D eigenvalue weighted by Crippen LogP contribution is 2.27. The fraction of sp³-hybridized carbons (Fsp3) is 0.0500. The molecule has 0 bridgehead atoms. The first-order valence-electron chi connectivity index (χ1n) is 8.13. The first-order chi connectivity index (χ1) is 12.8. The van der Waals surface area contributed by atoms with E-state index in [1.165, 1.54) is 6.07 Å². The van der Waals surface area contributed by atoms with Crippen LogP contribution in [0.25, 0.3) is 11.1 Å². The van der Waals surface area contributed by atoms with Crippen molar-refractivity contribution >= 4 is 15.9 Å². The van der Waals surface area contributed by atoms with E-state index in [0.29, 0.717) is 23.5 Å². The van der Waals surface area contributed by atoms with E-state index >= 15 is 0 Å². The van der Waals surface area contributed by atoms with Gasteiger partial charge < -0.3 is 10.5 Å². The Bertz CT molecular complexity index is 1060. The van der Waals surface area contributed by atoms with E-state index in [-0.39, 0.29) is 10.7 Å². The second kappa shape index (κ2) is 7.61. The van der Waals surface area contributed by atoms with Crippen LogP contribution in [0.4, 0.5) is 0 Å². The molecule has 0 fully saturated rings. The van der Waals surface area contributed by atoms with E-state index in [2.05, 4.69) is 0 Å². The minimum absolute atomic E-state index is 0.0110. The molecule has 0 unspecified atom stereocenters. The molecule has 0 heterocycles. The van der Waals surface area contributed by atoms with Crippen LogP contribution in [0.2, 0.25) is 0 Å². The van der Waals surface area contributed by atoms with Crippen molar-refractivity contribution in [2.45, 2.75) is 11.5 Å². The summed E-state index contributed by atoms with van der Waals surface area (Å²) in [7, 11) is -3.80. The molecule has 138 valence electrons. The van der Waals surface area contributed by atoms with Crippen molar-refractivity contribution < 1.29 is 13.2 Å². The minimum Gasteiger partial charge on any atom is -0.489 e. The van der Waals surface area contributed by atoms with E-state index in [9.17, 15) is 8.42 Å². The second-order valence-corrected chi connectivity index (χ2v) is 7.49. The van der Waals surface area contributed by atoms with Gasteiger partial charge in [-0.3, -0.25) is 5.41 Å². The molecule has 3 aromatic rings. The molecule has 7 heteroatoms. The van der Waals surface area contributed by atoms with E-state index in [1.54, 1.807) is 42.5 Å². The van der Waals surface area contributed by atoms with Gasteiger partial charge in [-0.25, -0.2) is 13.6 Å². The van der Waals surface area contributed by atoms with E-state index in [1.807, 2.05) is 24.3 Å². The molecule has 0 saturated carbocycles. The summed E-state index contributed by atoms with van der Waals surface area (Å²) in [6.45, 7) is 0.358. The van der Waals surface area contributed by atoms with Gasteiger partial charge in [0.05, 0.1) is 4.90 Å². The van der Waals surface area contributed by atoms with Gasteiger partial charge in [0.25, 0.3) is 0 Å². The molecule has 0 amide bonds. The summed E-state index contributed by atoms with van der Waals surface area (Å²) in [6.07, 6.45) is 0. The Kier molecular flexibility index (Phi) is 5.25. The number of nitrogens with two attached hydrogens (primary N) is 2. The molecule has 6 nitrogen and oxygen atoms in total. The Balaban J connectivity index is 1.74. The summed E-state index contributed by atoms with van der Waals surface area (Å²) in [5, 5.41) is 12.7. The summed E-state index contributed by atoms with van der Waals surface area (Å²) in [5.74, 6) is 0.681. The van der Waals surface area contributed by atoms with Gasteiger partial charge in [-0.05, 0) is 41.5 Å². The van der Waals surface area contributed by atoms with Crippen LogP contribution in [0.5, 0.6) is 5.75 Å². The molecular weight excluding hydrogens is 362 g/mol. The predicted molar refractivity (Wildman–Crippen MR) is 105 cm³/mol. The first-order valence-corrected chi connectivity index (χ1v) is 9.67. The van der Waals surface area contributed by atoms with E-state index < -0.39 is 10.0 Å². The van der Waals surface area contributed by atoms with Crippen LogP contribution in [0.3, 0.4) is 0 Å². The van der Waals surface area contributed by atoms with Crippen molar-refractivity contribution in [3.63, 3.8) is 0 Å². The first kappa shape index (κ1) is 18.6. The lowest BCUT2D eigenvalue weighted by atomic mass is 10.0. The van der Waals surface area contributed by atoms with Crippen molar-refractivity contribution in [2.24, 2.45) is 10.9 Å². The quantitative estimate of drug-likeness (QED) is 0.449. The number of primary sulfonamides is 1. The number of nitrogens with one attached hydrogen (secondary N) is 1. The van der Waals surface area contributed by atoms with Crippen LogP contribution >= 0.6 is 0 Å². The normalized spacial score (nSPS) is 11.1. The molecule has 0 spiro atoms. The van der Waals surface area contributed by atoms with Crippen molar-refractivity contribution in [3.05, 3.63) is 83.9 Å². The number of amidine groups is 1. The van der Waals surface area contributed by atoms with Crippen molar-refractivity contribution in [2.75, 3.05) is 0 Å². The highest BCUT2D eigenvalue weighted by atomic mass is 32.2. The summed E-state index contributed by atoms with van der Waals surface area (Å²) in [6, 6.07) is 21.0. The van der Waals surface area contributed by atoms with Crippen molar-refractivity contribution in [1.82, 2.24) is 0 Å². The predicted octanol–water partition coefficient (Wildman–Crippen LogP) is 2.86. The lowest BCUT2D eigenvalue weighted by molar-refractivity contribution is 0.306. The van der Waals surface area contributed by atoms with Crippen LogP contribution in [0.15, 0.2) is 77.7 Å². The van der Waals surface area contributed by atoms with E-state index in [4.69, 9.17) is 21.0 Å². The molecule has 3 aromatic carbocycles. The van der Waals surface area contributed by atoms with Gasteiger partial charge in [-0.2, -0.15) is 0 Å². The summed E-state index contributed by atoms with van der Waals surface area (Å²) >= 11 is 0. The summed E-state index contributed by atoms with van der Waals surface area (Å²) in [4.78, 5) is 0.0968. The molecule has 27 heavy (non-hydrogen) atoms. The fourth-order valence-electron chi connectivity index (χ4n) is 2.63. The molecular formula is C20H19N3O3S. The average Bonchev–Trinajstić information content (AvgIpc) is 2.66. The molecule has 3 rings (SSSR count). The number of rotatable bonds is 6. The molecule has 0 aliphatic carbocycles. The van der Waals surface area contributed by atoms with Crippen molar-refractivity contribution in [1.29, 1.82) is 5.41 Å². The summed E-state index contributed by atoms with van der Waals surface area (Å²) in [5.41, 5.74) is 8.32.